The summed E-state index contributed by atoms with van der Waals surface area (Å²) in [6.45, 7) is -0.209. The Labute approximate surface area is 202 Å². The first-order valence-corrected chi connectivity index (χ1v) is 13.2. The van der Waals surface area contributed by atoms with Gasteiger partial charge in [-0.05, 0) is 38.5 Å². The molecule has 0 radical (unpaired) electrons. The highest BCUT2D eigenvalue weighted by Crippen LogP contribution is 2.28. The van der Waals surface area contributed by atoms with E-state index in [9.17, 15) is 19.2 Å². The third-order valence-electron chi connectivity index (χ3n) is 7.48. The number of carbonyl (C=O) groups excluding carboxylic acids is 4. The molecule has 0 heterocycles. The Balaban J connectivity index is 1.67. The Kier molecular flexibility index (Phi) is 11.2. The third kappa shape index (κ3) is 8.27. The van der Waals surface area contributed by atoms with Crippen LogP contribution in [0.25, 0.3) is 0 Å². The summed E-state index contributed by atoms with van der Waals surface area (Å²) in [5.74, 6) is -1.65. The van der Waals surface area contributed by atoms with E-state index in [1.54, 1.807) is 0 Å². The minimum atomic E-state index is -1.02. The molecule has 0 amide bonds. The van der Waals surface area contributed by atoms with Gasteiger partial charge in [-0.3, -0.25) is 19.2 Å². The van der Waals surface area contributed by atoms with Crippen LogP contribution in [-0.2, 0) is 38.1 Å². The summed E-state index contributed by atoms with van der Waals surface area (Å²) < 4.78 is 22.0. The van der Waals surface area contributed by atoms with E-state index in [-0.39, 0.29) is 55.3 Å². The van der Waals surface area contributed by atoms with Gasteiger partial charge >= 0.3 is 17.9 Å². The van der Waals surface area contributed by atoms with Crippen LogP contribution in [0.5, 0.6) is 0 Å². The quantitative estimate of drug-likeness (QED) is 0.245. The first-order chi connectivity index (χ1) is 16.6. The first-order valence-electron chi connectivity index (χ1n) is 13.2. The molecular weight excluding hydrogens is 440 g/mol. The molecule has 2 atom stereocenters. The Bertz CT molecular complexity index is 660. The summed E-state index contributed by atoms with van der Waals surface area (Å²) in [6, 6.07) is 0. The van der Waals surface area contributed by atoms with E-state index in [0.717, 1.165) is 96.3 Å². The zero-order valence-corrected chi connectivity index (χ0v) is 20.3. The molecule has 8 nitrogen and oxygen atoms in total. The molecular formula is C26H40O8. The first kappa shape index (κ1) is 26.5. The highest BCUT2D eigenvalue weighted by atomic mass is 16.6. The van der Waals surface area contributed by atoms with Crippen LogP contribution in [0, 0.1) is 17.8 Å². The van der Waals surface area contributed by atoms with Crippen LogP contribution in [0.3, 0.4) is 0 Å². The molecule has 34 heavy (non-hydrogen) atoms. The van der Waals surface area contributed by atoms with E-state index in [4.69, 9.17) is 18.9 Å². The third-order valence-corrected chi connectivity index (χ3v) is 7.48. The molecule has 0 N–H and O–H groups in total. The van der Waals surface area contributed by atoms with Gasteiger partial charge in [0.15, 0.2) is 12.2 Å². The minimum absolute atomic E-state index is 0.155. The Morgan fingerprint density at radius 3 is 1.38 bits per heavy atom. The van der Waals surface area contributed by atoms with Crippen molar-refractivity contribution >= 4 is 24.4 Å². The fourth-order valence-corrected chi connectivity index (χ4v) is 5.36. The molecule has 3 fully saturated rings. The van der Waals surface area contributed by atoms with Gasteiger partial charge in [-0.25, -0.2) is 0 Å². The predicted octanol–water partition coefficient (Wildman–Crippen LogP) is 4.27. The molecule has 3 aliphatic carbocycles. The molecule has 0 aliphatic heterocycles. The number of hydrogen-bond acceptors (Lipinski definition) is 8. The molecule has 3 saturated carbocycles. The summed E-state index contributed by atoms with van der Waals surface area (Å²) >= 11 is 0. The van der Waals surface area contributed by atoms with E-state index in [1.807, 2.05) is 0 Å². The van der Waals surface area contributed by atoms with Gasteiger partial charge in [0, 0.05) is 0 Å². The van der Waals surface area contributed by atoms with E-state index in [2.05, 4.69) is 0 Å². The second kappa shape index (κ2) is 14.3. The van der Waals surface area contributed by atoms with Crippen molar-refractivity contribution in [1.29, 1.82) is 0 Å². The van der Waals surface area contributed by atoms with Crippen molar-refractivity contribution in [1.82, 2.24) is 0 Å². The van der Waals surface area contributed by atoms with Gasteiger partial charge in [0.1, 0.15) is 13.2 Å². The SMILES string of the molecule is O=COCC(OC(=O)C1CCCCC1)C(COC(=O)C1CCCCC1)OC(=O)C1CCCCC1. The van der Waals surface area contributed by atoms with Crippen molar-refractivity contribution in [3.8, 4) is 0 Å². The number of ether oxygens (including phenoxy) is 4. The van der Waals surface area contributed by atoms with Crippen LogP contribution in [0.1, 0.15) is 96.3 Å². The van der Waals surface area contributed by atoms with E-state index >= 15 is 0 Å². The zero-order valence-electron chi connectivity index (χ0n) is 20.3. The monoisotopic (exact) mass is 480 g/mol. The summed E-state index contributed by atoms with van der Waals surface area (Å²) in [4.78, 5) is 49.3. The number of rotatable bonds is 11. The lowest BCUT2D eigenvalue weighted by molar-refractivity contribution is -0.187. The van der Waals surface area contributed by atoms with Crippen LogP contribution in [-0.4, -0.2) is 49.8 Å². The molecule has 0 saturated heterocycles. The maximum atomic E-state index is 12.9. The molecule has 3 rings (SSSR count). The summed E-state index contributed by atoms with van der Waals surface area (Å²) in [5.41, 5.74) is 0. The summed E-state index contributed by atoms with van der Waals surface area (Å²) in [5, 5.41) is 0. The smallest absolute Gasteiger partial charge is 0.309 e. The lowest BCUT2D eigenvalue weighted by Crippen LogP contribution is -2.44. The molecule has 3 aliphatic rings. The molecule has 0 aromatic heterocycles. The van der Waals surface area contributed by atoms with Crippen molar-refractivity contribution < 1.29 is 38.1 Å². The van der Waals surface area contributed by atoms with Crippen molar-refractivity contribution in [2.45, 2.75) is 109 Å². The van der Waals surface area contributed by atoms with E-state index in [0.29, 0.717) is 0 Å². The molecule has 2 unspecified atom stereocenters. The van der Waals surface area contributed by atoms with Crippen LogP contribution in [0.4, 0.5) is 0 Å². The van der Waals surface area contributed by atoms with Crippen LogP contribution in [0.2, 0.25) is 0 Å². The molecule has 0 bridgehead atoms. The topological polar surface area (TPSA) is 105 Å². The molecule has 0 aromatic carbocycles. The average molecular weight is 481 g/mol. The van der Waals surface area contributed by atoms with Gasteiger partial charge in [-0.2, -0.15) is 0 Å². The highest BCUT2D eigenvalue weighted by molar-refractivity contribution is 5.74. The zero-order chi connectivity index (χ0) is 24.2. The number of esters is 3. The van der Waals surface area contributed by atoms with Crippen LogP contribution < -0.4 is 0 Å². The number of carbonyl (C=O) groups is 4. The van der Waals surface area contributed by atoms with Gasteiger partial charge in [0.25, 0.3) is 6.47 Å². The Hall–Kier alpha value is -2.12. The van der Waals surface area contributed by atoms with Crippen molar-refractivity contribution in [3.05, 3.63) is 0 Å². The van der Waals surface area contributed by atoms with Crippen molar-refractivity contribution in [2.24, 2.45) is 17.8 Å². The van der Waals surface area contributed by atoms with Crippen LogP contribution >= 0.6 is 0 Å². The second-order valence-electron chi connectivity index (χ2n) is 10.0. The summed E-state index contributed by atoms with van der Waals surface area (Å²) in [7, 11) is 0. The number of hydrogen-bond donors (Lipinski definition) is 0. The molecule has 0 aromatic rings. The fourth-order valence-electron chi connectivity index (χ4n) is 5.36. The maximum Gasteiger partial charge on any atom is 0.309 e. The van der Waals surface area contributed by atoms with Crippen LogP contribution in [0.15, 0.2) is 0 Å². The average Bonchev–Trinajstić information content (AvgIpc) is 2.90. The lowest BCUT2D eigenvalue weighted by Gasteiger charge is -2.30. The normalized spacial score (nSPS) is 22.2. The van der Waals surface area contributed by atoms with Gasteiger partial charge < -0.3 is 18.9 Å². The standard InChI is InChI=1S/C26H40O8/c27-18-31-16-22(33-25(29)20-12-6-2-7-13-20)23(34-26(30)21-14-8-3-9-15-21)17-32-24(28)19-10-4-1-5-11-19/h18-23H,1-17H2. The predicted molar refractivity (Wildman–Crippen MR) is 122 cm³/mol. The van der Waals surface area contributed by atoms with E-state index in [1.165, 1.54) is 0 Å². The van der Waals surface area contributed by atoms with Crippen molar-refractivity contribution in [3.63, 3.8) is 0 Å². The van der Waals surface area contributed by atoms with Gasteiger partial charge in [-0.1, -0.05) is 57.8 Å². The molecule has 0 spiro atoms. The van der Waals surface area contributed by atoms with Gasteiger partial charge in [0.2, 0.25) is 0 Å². The second-order valence-corrected chi connectivity index (χ2v) is 10.0. The fraction of sp³-hybridized carbons (Fsp3) is 0.846. The Morgan fingerprint density at radius 1 is 0.588 bits per heavy atom. The lowest BCUT2D eigenvalue weighted by atomic mass is 9.89. The molecule has 192 valence electrons. The maximum absolute atomic E-state index is 12.9. The summed E-state index contributed by atoms with van der Waals surface area (Å²) in [6.07, 6.45) is 11.7. The van der Waals surface area contributed by atoms with E-state index < -0.39 is 12.2 Å². The largest absolute Gasteiger partial charge is 0.464 e. The van der Waals surface area contributed by atoms with Gasteiger partial charge in [-0.15, -0.1) is 0 Å². The van der Waals surface area contributed by atoms with Crippen molar-refractivity contribution in [2.75, 3.05) is 13.2 Å². The van der Waals surface area contributed by atoms with Gasteiger partial charge in [0.05, 0.1) is 17.8 Å². The Morgan fingerprint density at radius 2 is 0.971 bits per heavy atom. The molecule has 8 heteroatoms. The highest BCUT2D eigenvalue weighted by Gasteiger charge is 2.36. The minimum Gasteiger partial charge on any atom is -0.464 e.